The summed E-state index contributed by atoms with van der Waals surface area (Å²) in [6, 6.07) is 6.94. The fraction of sp³-hybridized carbons (Fsp3) is 0.476. The van der Waals surface area contributed by atoms with E-state index in [4.69, 9.17) is 19.2 Å². The number of nitrogens with zero attached hydrogens (tertiary/aromatic N) is 1. The molecule has 194 valence electrons. The summed E-state index contributed by atoms with van der Waals surface area (Å²) in [5.41, 5.74) is 1.10. The van der Waals surface area contributed by atoms with Crippen LogP contribution in [0.2, 0.25) is 0 Å². The van der Waals surface area contributed by atoms with Crippen molar-refractivity contribution in [2.24, 2.45) is 0 Å². The average Bonchev–Trinajstić information content (AvgIpc) is 3.50. The smallest absolute Gasteiger partial charge is 0.475 e. The molecule has 0 spiro atoms. The van der Waals surface area contributed by atoms with Crippen molar-refractivity contribution in [1.82, 2.24) is 10.5 Å². The number of rotatable bonds is 9. The van der Waals surface area contributed by atoms with Gasteiger partial charge in [0.1, 0.15) is 5.69 Å². The monoisotopic (exact) mass is 521 g/mol. The fourth-order valence-corrected chi connectivity index (χ4v) is 4.67. The number of aryl methyl sites for hydroxylation is 2. The number of alkyl halides is 3. The molecule has 0 bridgehead atoms. The fourth-order valence-electron chi connectivity index (χ4n) is 3.28. The second-order valence-electron chi connectivity index (χ2n) is 7.82. The van der Waals surface area contributed by atoms with Crippen LogP contribution in [0, 0.1) is 13.8 Å². The Morgan fingerprint density at radius 3 is 2.20 bits per heavy atom. The third-order valence-electron chi connectivity index (χ3n) is 5.16. The molecule has 2 aromatic rings. The SMILES string of the molecule is COCCCNC(=O)C1(c2ccc(NS(=O)(=O)c3c(C)noc3C)cc2)CC1.O=C(O)C(F)(F)F. The predicted octanol–water partition coefficient (Wildman–Crippen LogP) is 2.91. The largest absolute Gasteiger partial charge is 0.490 e. The molecule has 14 heteroatoms. The first-order valence-electron chi connectivity index (χ1n) is 10.4. The number of carbonyl (C=O) groups excluding carboxylic acids is 1. The molecule has 3 rings (SSSR count). The van der Waals surface area contributed by atoms with Crippen molar-refractivity contribution in [3.8, 4) is 0 Å². The van der Waals surface area contributed by atoms with Gasteiger partial charge in [-0.15, -0.1) is 0 Å². The minimum atomic E-state index is -5.08. The zero-order valence-electron chi connectivity index (χ0n) is 19.2. The van der Waals surface area contributed by atoms with E-state index in [1.807, 2.05) is 0 Å². The lowest BCUT2D eigenvalue weighted by Gasteiger charge is -2.16. The molecule has 0 radical (unpaired) electrons. The molecule has 35 heavy (non-hydrogen) atoms. The summed E-state index contributed by atoms with van der Waals surface area (Å²) in [4.78, 5) is 21.5. The van der Waals surface area contributed by atoms with E-state index in [0.29, 0.717) is 24.5 Å². The van der Waals surface area contributed by atoms with Crippen LogP contribution in [0.1, 0.15) is 36.3 Å². The van der Waals surface area contributed by atoms with E-state index in [2.05, 4.69) is 15.2 Å². The zero-order chi connectivity index (χ0) is 26.4. The van der Waals surface area contributed by atoms with Gasteiger partial charge in [0.2, 0.25) is 5.91 Å². The van der Waals surface area contributed by atoms with Gasteiger partial charge in [-0.2, -0.15) is 13.2 Å². The Balaban J connectivity index is 0.000000540. The van der Waals surface area contributed by atoms with Gasteiger partial charge in [-0.3, -0.25) is 9.52 Å². The lowest BCUT2D eigenvalue weighted by molar-refractivity contribution is -0.192. The summed E-state index contributed by atoms with van der Waals surface area (Å²) in [6.07, 6.45) is -2.75. The number of halogens is 3. The van der Waals surface area contributed by atoms with Crippen molar-refractivity contribution >= 4 is 27.6 Å². The number of methoxy groups -OCH3 is 1. The molecular weight excluding hydrogens is 495 g/mol. The summed E-state index contributed by atoms with van der Waals surface area (Å²) in [5.74, 6) is -2.51. The lowest BCUT2D eigenvalue weighted by Crippen LogP contribution is -2.35. The van der Waals surface area contributed by atoms with Gasteiger partial charge >= 0.3 is 12.1 Å². The number of hydrogen-bond acceptors (Lipinski definition) is 7. The molecule has 1 heterocycles. The number of carboxylic acids is 1. The molecule has 1 amide bonds. The number of carbonyl (C=O) groups is 2. The average molecular weight is 522 g/mol. The highest BCUT2D eigenvalue weighted by Gasteiger charge is 2.51. The van der Waals surface area contributed by atoms with Gasteiger partial charge in [-0.25, -0.2) is 13.2 Å². The Labute approximate surface area is 199 Å². The first kappa shape index (κ1) is 28.1. The molecule has 1 aromatic carbocycles. The number of anilines is 1. The van der Waals surface area contributed by atoms with Crippen LogP contribution < -0.4 is 10.0 Å². The highest BCUT2D eigenvalue weighted by atomic mass is 32.2. The number of aliphatic carboxylic acids is 1. The van der Waals surface area contributed by atoms with E-state index in [-0.39, 0.29) is 16.6 Å². The quantitative estimate of drug-likeness (QED) is 0.427. The van der Waals surface area contributed by atoms with E-state index in [1.165, 1.54) is 0 Å². The molecule has 1 fully saturated rings. The number of benzene rings is 1. The van der Waals surface area contributed by atoms with Crippen LogP contribution in [0.3, 0.4) is 0 Å². The molecule has 1 aromatic heterocycles. The van der Waals surface area contributed by atoms with Crippen LogP contribution >= 0.6 is 0 Å². The standard InChI is InChI=1S/C19H25N3O5S.C2HF3O2/c1-13-17(14(2)27-21-13)28(24,25)22-16-7-5-15(6-8-16)19(9-10-19)18(23)20-11-4-12-26-3;3-2(4,5)1(6)7/h5-8,22H,4,9-12H2,1-3H3,(H,20,23);(H,6,7). The van der Waals surface area contributed by atoms with E-state index in [0.717, 1.165) is 24.8 Å². The summed E-state index contributed by atoms with van der Waals surface area (Å²) in [7, 11) is -2.16. The van der Waals surface area contributed by atoms with E-state index < -0.39 is 27.6 Å². The highest BCUT2D eigenvalue weighted by molar-refractivity contribution is 7.92. The van der Waals surface area contributed by atoms with Crippen molar-refractivity contribution in [3.05, 3.63) is 41.3 Å². The van der Waals surface area contributed by atoms with Gasteiger partial charge < -0.3 is 19.7 Å². The predicted molar refractivity (Wildman–Crippen MR) is 117 cm³/mol. The first-order valence-corrected chi connectivity index (χ1v) is 11.9. The molecule has 1 aliphatic carbocycles. The topological polar surface area (TPSA) is 148 Å². The number of carboxylic acid groups (broad SMARTS) is 1. The van der Waals surface area contributed by atoms with E-state index >= 15 is 0 Å². The number of hydrogen-bond donors (Lipinski definition) is 3. The third kappa shape index (κ3) is 7.18. The van der Waals surface area contributed by atoms with Crippen molar-refractivity contribution in [3.63, 3.8) is 0 Å². The summed E-state index contributed by atoms with van der Waals surface area (Å²) < 4.78 is 69.4. The third-order valence-corrected chi connectivity index (χ3v) is 6.79. The van der Waals surface area contributed by atoms with Crippen molar-refractivity contribution < 1.29 is 45.5 Å². The minimum Gasteiger partial charge on any atom is -0.475 e. The normalized spacial score (nSPS) is 14.5. The second-order valence-corrected chi connectivity index (χ2v) is 9.44. The Kier molecular flexibility index (Phi) is 8.89. The number of amides is 1. The maximum absolute atomic E-state index is 12.6. The van der Waals surface area contributed by atoms with Crippen molar-refractivity contribution in [2.75, 3.05) is 25.0 Å². The zero-order valence-corrected chi connectivity index (χ0v) is 20.0. The lowest BCUT2D eigenvalue weighted by atomic mass is 9.95. The van der Waals surface area contributed by atoms with Crippen molar-refractivity contribution in [1.29, 1.82) is 0 Å². The van der Waals surface area contributed by atoms with Gasteiger partial charge in [-0.1, -0.05) is 17.3 Å². The van der Waals surface area contributed by atoms with Crippen LogP contribution in [-0.4, -0.2) is 57.0 Å². The molecule has 3 N–H and O–H groups in total. The molecule has 1 aliphatic rings. The molecule has 0 unspecified atom stereocenters. The Hall–Kier alpha value is -3.13. The maximum Gasteiger partial charge on any atom is 0.490 e. The molecule has 0 atom stereocenters. The molecule has 1 saturated carbocycles. The van der Waals surface area contributed by atoms with Crippen LogP contribution in [0.4, 0.5) is 18.9 Å². The second kappa shape index (κ2) is 11.1. The van der Waals surface area contributed by atoms with Crippen LogP contribution in [-0.2, 0) is 29.8 Å². The highest BCUT2D eigenvalue weighted by Crippen LogP contribution is 2.48. The Morgan fingerprint density at radius 2 is 1.77 bits per heavy atom. The van der Waals surface area contributed by atoms with Gasteiger partial charge in [0.25, 0.3) is 10.0 Å². The van der Waals surface area contributed by atoms with Crippen molar-refractivity contribution in [2.45, 2.75) is 49.6 Å². The summed E-state index contributed by atoms with van der Waals surface area (Å²) in [6.45, 7) is 4.31. The van der Waals surface area contributed by atoms with Gasteiger partial charge in [0.05, 0.1) is 5.41 Å². The van der Waals surface area contributed by atoms with Crippen LogP contribution in [0.15, 0.2) is 33.7 Å². The minimum absolute atomic E-state index is 0.00709. The van der Waals surface area contributed by atoms with E-state index in [9.17, 15) is 26.4 Å². The van der Waals surface area contributed by atoms with Gasteiger partial charge in [0.15, 0.2) is 10.7 Å². The summed E-state index contributed by atoms with van der Waals surface area (Å²) in [5, 5.41) is 13.8. The number of nitrogens with one attached hydrogen (secondary N) is 2. The van der Waals surface area contributed by atoms with Crippen LogP contribution in [0.5, 0.6) is 0 Å². The maximum atomic E-state index is 12.6. The number of aromatic nitrogens is 1. The number of sulfonamides is 1. The summed E-state index contributed by atoms with van der Waals surface area (Å²) >= 11 is 0. The van der Waals surface area contributed by atoms with Gasteiger partial charge in [0, 0.05) is 25.9 Å². The molecule has 10 nitrogen and oxygen atoms in total. The van der Waals surface area contributed by atoms with Gasteiger partial charge in [-0.05, 0) is 50.8 Å². The molecular formula is C21H26F3N3O7S. The molecule has 0 saturated heterocycles. The Morgan fingerprint density at radius 1 is 1.20 bits per heavy atom. The number of ether oxygens (including phenoxy) is 1. The first-order chi connectivity index (χ1) is 16.2. The Bertz CT molecular complexity index is 1120. The van der Waals surface area contributed by atoms with Crippen LogP contribution in [0.25, 0.3) is 0 Å². The van der Waals surface area contributed by atoms with E-state index in [1.54, 1.807) is 45.2 Å². The molecule has 0 aliphatic heterocycles.